The lowest BCUT2D eigenvalue weighted by molar-refractivity contribution is -0.141. The molecule has 5 nitrogen and oxygen atoms in total. The van der Waals surface area contributed by atoms with Crippen molar-refractivity contribution in [2.24, 2.45) is 0 Å². The number of hydrogen-bond acceptors (Lipinski definition) is 4. The highest BCUT2D eigenvalue weighted by atomic mass is 35.5. The molecule has 1 aromatic heterocycles. The van der Waals surface area contributed by atoms with Crippen LogP contribution in [0.5, 0.6) is 5.75 Å². The van der Waals surface area contributed by atoms with Crippen molar-refractivity contribution < 1.29 is 27.4 Å². The lowest BCUT2D eigenvalue weighted by Gasteiger charge is -2.17. The number of carbonyl (C=O) groups excluding carboxylic acids is 1. The van der Waals surface area contributed by atoms with Crippen LogP contribution >= 0.6 is 11.6 Å². The standard InChI is InChI=1S/C18H16ClF3N2O3/c1-26-16-13(10-4-5-27-9-10)6-11(19)7-14(16)17(25)24-12-2-3-15(23-8-12)18(20,21)22/h2-3,6-8,10H,4-5,9H2,1H3,(H,24,25). The van der Waals surface area contributed by atoms with Gasteiger partial charge in [0.25, 0.3) is 5.91 Å². The number of hydrogen-bond donors (Lipinski definition) is 1. The van der Waals surface area contributed by atoms with E-state index in [1.807, 2.05) is 0 Å². The predicted octanol–water partition coefficient (Wildman–Crippen LogP) is 4.52. The molecule has 1 amide bonds. The molecule has 1 aliphatic heterocycles. The van der Waals surface area contributed by atoms with Crippen LogP contribution in [0.2, 0.25) is 5.02 Å². The quantitative estimate of drug-likeness (QED) is 0.819. The summed E-state index contributed by atoms with van der Waals surface area (Å²) in [6.07, 6.45) is -2.82. The van der Waals surface area contributed by atoms with Crippen LogP contribution in [0.15, 0.2) is 30.5 Å². The number of nitrogens with zero attached hydrogens (tertiary/aromatic N) is 1. The lowest BCUT2D eigenvalue weighted by Crippen LogP contribution is -2.16. The maximum Gasteiger partial charge on any atom is 0.433 e. The van der Waals surface area contributed by atoms with Gasteiger partial charge in [-0.25, -0.2) is 4.98 Å². The highest BCUT2D eigenvalue weighted by Gasteiger charge is 2.32. The van der Waals surface area contributed by atoms with E-state index in [-0.39, 0.29) is 17.2 Å². The van der Waals surface area contributed by atoms with E-state index in [1.54, 1.807) is 6.07 Å². The summed E-state index contributed by atoms with van der Waals surface area (Å²) in [6, 6.07) is 5.12. The van der Waals surface area contributed by atoms with E-state index >= 15 is 0 Å². The Morgan fingerprint density at radius 1 is 1.37 bits per heavy atom. The molecule has 3 rings (SSSR count). The summed E-state index contributed by atoms with van der Waals surface area (Å²) < 4.78 is 48.6. The first kappa shape index (κ1) is 19.4. The van der Waals surface area contributed by atoms with Crippen molar-refractivity contribution in [1.29, 1.82) is 0 Å². The van der Waals surface area contributed by atoms with E-state index in [0.29, 0.717) is 24.0 Å². The van der Waals surface area contributed by atoms with Gasteiger partial charge in [-0.3, -0.25) is 4.79 Å². The van der Waals surface area contributed by atoms with Crippen molar-refractivity contribution in [3.63, 3.8) is 0 Å². The number of aromatic nitrogens is 1. The Kier molecular flexibility index (Phi) is 5.57. The fourth-order valence-electron chi connectivity index (χ4n) is 2.93. The summed E-state index contributed by atoms with van der Waals surface area (Å²) in [4.78, 5) is 16.0. The molecule has 2 aromatic rings. The zero-order valence-corrected chi connectivity index (χ0v) is 15.0. The van der Waals surface area contributed by atoms with Crippen LogP contribution in [-0.2, 0) is 10.9 Å². The van der Waals surface area contributed by atoms with Gasteiger partial charge in [0.15, 0.2) is 0 Å². The van der Waals surface area contributed by atoms with Crippen molar-refractivity contribution in [3.05, 3.63) is 52.3 Å². The highest BCUT2D eigenvalue weighted by molar-refractivity contribution is 6.31. The third-order valence-corrected chi connectivity index (χ3v) is 4.43. The van der Waals surface area contributed by atoms with Crippen molar-refractivity contribution in [3.8, 4) is 5.75 Å². The average molecular weight is 401 g/mol. The second-order valence-electron chi connectivity index (χ2n) is 6.02. The van der Waals surface area contributed by atoms with Crippen LogP contribution < -0.4 is 10.1 Å². The Hall–Kier alpha value is -2.32. The molecule has 1 aromatic carbocycles. The zero-order valence-electron chi connectivity index (χ0n) is 14.3. The van der Waals surface area contributed by atoms with Gasteiger partial charge in [0.05, 0.1) is 31.2 Å². The Balaban J connectivity index is 1.88. The van der Waals surface area contributed by atoms with Gasteiger partial charge in [-0.1, -0.05) is 11.6 Å². The molecule has 0 bridgehead atoms. The molecule has 1 aliphatic rings. The zero-order chi connectivity index (χ0) is 19.6. The molecule has 1 unspecified atom stereocenters. The first-order valence-electron chi connectivity index (χ1n) is 8.09. The molecule has 0 saturated carbocycles. The molecule has 1 N–H and O–H groups in total. The fourth-order valence-corrected chi connectivity index (χ4v) is 3.15. The van der Waals surface area contributed by atoms with Crippen LogP contribution in [0.4, 0.5) is 18.9 Å². The van der Waals surface area contributed by atoms with Crippen LogP contribution in [-0.4, -0.2) is 31.2 Å². The van der Waals surface area contributed by atoms with Crippen LogP contribution in [0.25, 0.3) is 0 Å². The number of halogens is 4. The molecule has 1 atom stereocenters. The number of amides is 1. The second kappa shape index (κ2) is 7.74. The number of rotatable bonds is 4. The summed E-state index contributed by atoms with van der Waals surface area (Å²) in [6.45, 7) is 1.11. The van der Waals surface area contributed by atoms with E-state index < -0.39 is 17.8 Å². The third-order valence-electron chi connectivity index (χ3n) is 4.21. The van der Waals surface area contributed by atoms with Gasteiger partial charge < -0.3 is 14.8 Å². The van der Waals surface area contributed by atoms with E-state index in [0.717, 1.165) is 30.3 Å². The largest absolute Gasteiger partial charge is 0.496 e. The van der Waals surface area contributed by atoms with E-state index in [1.165, 1.54) is 13.2 Å². The molecule has 2 heterocycles. The SMILES string of the molecule is COc1c(C(=O)Nc2ccc(C(F)(F)F)nc2)cc(Cl)cc1C1CCOC1. The topological polar surface area (TPSA) is 60.5 Å². The van der Waals surface area contributed by atoms with Crippen molar-refractivity contribution in [2.45, 2.75) is 18.5 Å². The van der Waals surface area contributed by atoms with Crippen LogP contribution in [0, 0.1) is 0 Å². The summed E-state index contributed by atoms with van der Waals surface area (Å²) in [5.74, 6) is -0.138. The van der Waals surface area contributed by atoms with E-state index in [4.69, 9.17) is 21.1 Å². The maximum absolute atomic E-state index is 12.7. The van der Waals surface area contributed by atoms with Gasteiger partial charge in [0.1, 0.15) is 11.4 Å². The maximum atomic E-state index is 12.7. The normalized spacial score (nSPS) is 17.0. The van der Waals surface area contributed by atoms with Crippen molar-refractivity contribution in [2.75, 3.05) is 25.6 Å². The number of benzene rings is 1. The van der Waals surface area contributed by atoms with Gasteiger partial charge in [0, 0.05) is 23.1 Å². The first-order valence-corrected chi connectivity index (χ1v) is 8.47. The van der Waals surface area contributed by atoms with E-state index in [2.05, 4.69) is 10.3 Å². The summed E-state index contributed by atoms with van der Waals surface area (Å²) >= 11 is 6.16. The van der Waals surface area contributed by atoms with Gasteiger partial charge in [0.2, 0.25) is 0 Å². The number of methoxy groups -OCH3 is 1. The summed E-state index contributed by atoms with van der Waals surface area (Å²) in [5.41, 5.74) is 0.0372. The monoisotopic (exact) mass is 400 g/mol. The second-order valence-corrected chi connectivity index (χ2v) is 6.46. The molecule has 9 heteroatoms. The molecule has 1 fully saturated rings. The minimum Gasteiger partial charge on any atom is -0.496 e. The van der Waals surface area contributed by atoms with Crippen LogP contribution in [0.3, 0.4) is 0 Å². The first-order chi connectivity index (χ1) is 12.8. The Bertz CT molecular complexity index is 835. The molecule has 27 heavy (non-hydrogen) atoms. The molecular weight excluding hydrogens is 385 g/mol. The van der Waals surface area contributed by atoms with Gasteiger partial charge >= 0.3 is 6.18 Å². The molecule has 0 radical (unpaired) electrons. The highest BCUT2D eigenvalue weighted by Crippen LogP contribution is 2.37. The van der Waals surface area contributed by atoms with Gasteiger partial charge in [-0.15, -0.1) is 0 Å². The smallest absolute Gasteiger partial charge is 0.433 e. The number of nitrogens with one attached hydrogen (secondary N) is 1. The van der Waals surface area contributed by atoms with Crippen LogP contribution in [0.1, 0.15) is 34.0 Å². The molecule has 0 aliphatic carbocycles. The number of anilines is 1. The lowest BCUT2D eigenvalue weighted by atomic mass is 9.95. The molecule has 0 spiro atoms. The molecular formula is C18H16ClF3N2O3. The van der Waals surface area contributed by atoms with Crippen molar-refractivity contribution >= 4 is 23.2 Å². The molecule has 144 valence electrons. The predicted molar refractivity (Wildman–Crippen MR) is 93.4 cm³/mol. The minimum atomic E-state index is -4.54. The number of ether oxygens (including phenoxy) is 2. The summed E-state index contributed by atoms with van der Waals surface area (Å²) in [5, 5.41) is 2.87. The average Bonchev–Trinajstić information content (AvgIpc) is 3.15. The minimum absolute atomic E-state index is 0.0536. The van der Waals surface area contributed by atoms with Crippen molar-refractivity contribution in [1.82, 2.24) is 4.98 Å². The number of pyridine rings is 1. The Labute approximate surface area is 158 Å². The van der Waals surface area contributed by atoms with E-state index in [9.17, 15) is 18.0 Å². The van der Waals surface area contributed by atoms with Gasteiger partial charge in [-0.05, 0) is 30.7 Å². The summed E-state index contributed by atoms with van der Waals surface area (Å²) in [7, 11) is 1.44. The Morgan fingerprint density at radius 2 is 2.15 bits per heavy atom. The number of carbonyl (C=O) groups is 1. The molecule has 1 saturated heterocycles. The third kappa shape index (κ3) is 4.33. The van der Waals surface area contributed by atoms with Gasteiger partial charge in [-0.2, -0.15) is 13.2 Å². The number of alkyl halides is 3. The fraction of sp³-hybridized carbons (Fsp3) is 0.333. The Morgan fingerprint density at radius 3 is 2.70 bits per heavy atom.